The van der Waals surface area contributed by atoms with E-state index in [0.29, 0.717) is 6.04 Å². The van der Waals surface area contributed by atoms with Gasteiger partial charge in [0.1, 0.15) is 5.82 Å². The van der Waals surface area contributed by atoms with Crippen molar-refractivity contribution < 1.29 is 4.39 Å². The highest BCUT2D eigenvalue weighted by atomic mass is 19.1. The number of hydrogen-bond acceptors (Lipinski definition) is 2. The molecule has 1 N–H and O–H groups in total. The Hall–Kier alpha value is -0.930. The van der Waals surface area contributed by atoms with Crippen molar-refractivity contribution in [1.82, 2.24) is 10.2 Å². The van der Waals surface area contributed by atoms with E-state index in [2.05, 4.69) is 23.2 Å². The Morgan fingerprint density at radius 1 is 1.24 bits per heavy atom. The molecule has 0 bridgehead atoms. The SMILES string of the molecule is CCNCc1ccc(F)c(CN2CCCC3CCCC32)c1. The van der Waals surface area contributed by atoms with Crippen molar-refractivity contribution in [3.05, 3.63) is 35.1 Å². The van der Waals surface area contributed by atoms with Crippen LogP contribution in [0.1, 0.15) is 50.2 Å². The van der Waals surface area contributed by atoms with Crippen molar-refractivity contribution in [3.63, 3.8) is 0 Å². The van der Waals surface area contributed by atoms with Crippen LogP contribution in [-0.2, 0) is 13.1 Å². The van der Waals surface area contributed by atoms with Crippen LogP contribution in [0.25, 0.3) is 0 Å². The Morgan fingerprint density at radius 3 is 2.95 bits per heavy atom. The highest BCUT2D eigenvalue weighted by Gasteiger charge is 2.34. The molecule has 1 saturated carbocycles. The molecule has 1 aliphatic carbocycles. The Balaban J connectivity index is 1.71. The molecule has 2 unspecified atom stereocenters. The number of benzene rings is 1. The maximum absolute atomic E-state index is 14.1. The average Bonchev–Trinajstić information content (AvgIpc) is 2.97. The van der Waals surface area contributed by atoms with Gasteiger partial charge in [0.05, 0.1) is 0 Å². The molecule has 1 aromatic carbocycles. The van der Waals surface area contributed by atoms with Crippen LogP contribution in [0.3, 0.4) is 0 Å². The first-order chi connectivity index (χ1) is 10.3. The molecule has 1 aromatic rings. The van der Waals surface area contributed by atoms with Gasteiger partial charge in [-0.05, 0) is 56.3 Å². The molecule has 116 valence electrons. The molecule has 0 spiro atoms. The molecule has 3 heteroatoms. The summed E-state index contributed by atoms with van der Waals surface area (Å²) in [5, 5.41) is 3.32. The molecule has 21 heavy (non-hydrogen) atoms. The summed E-state index contributed by atoms with van der Waals surface area (Å²) in [6, 6.07) is 6.29. The van der Waals surface area contributed by atoms with Crippen molar-refractivity contribution in [2.45, 2.75) is 58.2 Å². The molecular weight excluding hydrogens is 263 g/mol. The lowest BCUT2D eigenvalue weighted by Crippen LogP contribution is -2.42. The molecule has 1 saturated heterocycles. The number of likely N-dealkylation sites (tertiary alicyclic amines) is 1. The molecule has 2 aliphatic rings. The first-order valence-electron chi connectivity index (χ1n) is 8.50. The van der Waals surface area contributed by atoms with E-state index in [4.69, 9.17) is 0 Å². The van der Waals surface area contributed by atoms with E-state index >= 15 is 0 Å². The lowest BCUT2D eigenvalue weighted by molar-refractivity contribution is 0.104. The van der Waals surface area contributed by atoms with Crippen molar-refractivity contribution in [2.24, 2.45) is 5.92 Å². The normalized spacial score (nSPS) is 26.0. The standard InChI is InChI=1S/C18H27FN2/c1-2-20-12-14-8-9-17(19)16(11-14)13-21-10-4-6-15-5-3-7-18(15)21/h8-9,11,15,18,20H,2-7,10,12-13H2,1H3. The molecule has 1 aliphatic heterocycles. The fourth-order valence-corrected chi connectivity index (χ4v) is 4.10. The lowest BCUT2D eigenvalue weighted by atomic mass is 9.91. The van der Waals surface area contributed by atoms with Crippen LogP contribution in [0.2, 0.25) is 0 Å². The van der Waals surface area contributed by atoms with E-state index in [0.717, 1.165) is 37.7 Å². The summed E-state index contributed by atoms with van der Waals surface area (Å²) in [5.41, 5.74) is 2.06. The minimum absolute atomic E-state index is 0.0460. The molecule has 2 fully saturated rings. The van der Waals surface area contributed by atoms with Crippen LogP contribution >= 0.6 is 0 Å². The molecule has 0 radical (unpaired) electrons. The Morgan fingerprint density at radius 2 is 2.10 bits per heavy atom. The first kappa shape index (κ1) is 15.0. The number of halogens is 1. The monoisotopic (exact) mass is 290 g/mol. The van der Waals surface area contributed by atoms with Crippen LogP contribution in [0.4, 0.5) is 4.39 Å². The van der Waals surface area contributed by atoms with Gasteiger partial charge in [-0.15, -0.1) is 0 Å². The molecule has 0 aromatic heterocycles. The van der Waals surface area contributed by atoms with Crippen LogP contribution in [0.15, 0.2) is 18.2 Å². The fourth-order valence-electron chi connectivity index (χ4n) is 4.10. The zero-order valence-electron chi connectivity index (χ0n) is 13.1. The van der Waals surface area contributed by atoms with Crippen molar-refractivity contribution in [1.29, 1.82) is 0 Å². The van der Waals surface area contributed by atoms with Gasteiger partial charge >= 0.3 is 0 Å². The van der Waals surface area contributed by atoms with Crippen LogP contribution in [-0.4, -0.2) is 24.0 Å². The molecule has 2 nitrogen and oxygen atoms in total. The summed E-state index contributed by atoms with van der Waals surface area (Å²) in [5.74, 6) is 0.821. The van der Waals surface area contributed by atoms with E-state index in [9.17, 15) is 4.39 Å². The van der Waals surface area contributed by atoms with Crippen molar-refractivity contribution in [3.8, 4) is 0 Å². The predicted molar refractivity (Wildman–Crippen MR) is 84.6 cm³/mol. The Kier molecular flexibility index (Phi) is 4.91. The molecule has 2 atom stereocenters. The maximum atomic E-state index is 14.1. The number of rotatable bonds is 5. The van der Waals surface area contributed by atoms with Gasteiger partial charge < -0.3 is 5.32 Å². The van der Waals surface area contributed by atoms with E-state index in [-0.39, 0.29) is 5.82 Å². The summed E-state index contributed by atoms with van der Waals surface area (Å²) < 4.78 is 14.1. The highest BCUT2D eigenvalue weighted by molar-refractivity contribution is 5.25. The fraction of sp³-hybridized carbons (Fsp3) is 0.667. The van der Waals surface area contributed by atoms with Gasteiger partial charge in [-0.2, -0.15) is 0 Å². The van der Waals surface area contributed by atoms with Crippen molar-refractivity contribution >= 4 is 0 Å². The third kappa shape index (κ3) is 3.46. The minimum atomic E-state index is -0.0460. The molecule has 3 rings (SSSR count). The summed E-state index contributed by atoms with van der Waals surface area (Å²) in [7, 11) is 0. The maximum Gasteiger partial charge on any atom is 0.127 e. The number of nitrogens with zero attached hydrogens (tertiary/aromatic N) is 1. The lowest BCUT2D eigenvalue weighted by Gasteiger charge is -2.37. The van der Waals surface area contributed by atoms with Gasteiger partial charge in [0.25, 0.3) is 0 Å². The van der Waals surface area contributed by atoms with E-state index < -0.39 is 0 Å². The van der Waals surface area contributed by atoms with Crippen LogP contribution in [0.5, 0.6) is 0 Å². The number of nitrogens with one attached hydrogen (secondary N) is 1. The van der Waals surface area contributed by atoms with Gasteiger partial charge in [0.15, 0.2) is 0 Å². The summed E-state index contributed by atoms with van der Waals surface area (Å²) in [6.07, 6.45) is 6.70. The predicted octanol–water partition coefficient (Wildman–Crippen LogP) is 3.70. The van der Waals surface area contributed by atoms with Crippen LogP contribution < -0.4 is 5.32 Å². The second kappa shape index (κ2) is 6.89. The quantitative estimate of drug-likeness (QED) is 0.889. The Bertz CT molecular complexity index is 474. The van der Waals surface area contributed by atoms with Gasteiger partial charge in [-0.3, -0.25) is 4.90 Å². The van der Waals surface area contributed by atoms with Gasteiger partial charge in [0, 0.05) is 24.7 Å². The third-order valence-corrected chi connectivity index (χ3v) is 5.17. The number of fused-ring (bicyclic) bond motifs is 1. The zero-order valence-corrected chi connectivity index (χ0v) is 13.1. The largest absolute Gasteiger partial charge is 0.313 e. The van der Waals surface area contributed by atoms with E-state index in [1.54, 1.807) is 6.07 Å². The van der Waals surface area contributed by atoms with E-state index in [1.165, 1.54) is 37.7 Å². The number of hydrogen-bond donors (Lipinski definition) is 1. The summed E-state index contributed by atoms with van der Waals surface area (Å²) >= 11 is 0. The summed E-state index contributed by atoms with van der Waals surface area (Å²) in [6.45, 7) is 5.79. The zero-order chi connectivity index (χ0) is 14.7. The third-order valence-electron chi connectivity index (χ3n) is 5.17. The van der Waals surface area contributed by atoms with Crippen molar-refractivity contribution in [2.75, 3.05) is 13.1 Å². The van der Waals surface area contributed by atoms with Crippen LogP contribution in [0, 0.1) is 11.7 Å². The average molecular weight is 290 g/mol. The second-order valence-electron chi connectivity index (χ2n) is 6.58. The minimum Gasteiger partial charge on any atom is -0.313 e. The second-order valence-corrected chi connectivity index (χ2v) is 6.58. The Labute approximate surface area is 127 Å². The molecular formula is C18H27FN2. The van der Waals surface area contributed by atoms with Gasteiger partial charge in [-0.25, -0.2) is 4.39 Å². The topological polar surface area (TPSA) is 15.3 Å². The number of piperidine rings is 1. The smallest absolute Gasteiger partial charge is 0.127 e. The first-order valence-corrected chi connectivity index (χ1v) is 8.50. The molecule has 1 heterocycles. The van der Waals surface area contributed by atoms with Gasteiger partial charge in [0.2, 0.25) is 0 Å². The molecule has 0 amide bonds. The van der Waals surface area contributed by atoms with Gasteiger partial charge in [-0.1, -0.05) is 25.5 Å². The highest BCUT2D eigenvalue weighted by Crippen LogP contribution is 2.37. The summed E-state index contributed by atoms with van der Waals surface area (Å²) in [4.78, 5) is 2.54. The van der Waals surface area contributed by atoms with E-state index in [1.807, 2.05) is 6.07 Å².